The van der Waals surface area contributed by atoms with Gasteiger partial charge in [-0.15, -0.1) is 0 Å². The Morgan fingerprint density at radius 3 is 2.52 bits per heavy atom. The maximum Gasteiger partial charge on any atom is 0.0595 e. The van der Waals surface area contributed by atoms with Crippen LogP contribution < -0.4 is 5.32 Å². The van der Waals surface area contributed by atoms with Crippen LogP contribution in [0.25, 0.3) is 0 Å². The minimum atomic E-state index is 0.399. The second kappa shape index (κ2) is 6.45. The Morgan fingerprint density at radius 2 is 1.81 bits per heavy atom. The molecule has 0 aliphatic heterocycles. The second-order valence-electron chi connectivity index (χ2n) is 5.42. The molecule has 0 aromatic heterocycles. The summed E-state index contributed by atoms with van der Waals surface area (Å²) in [6.07, 6.45) is 2.26. The number of hydrogen-bond acceptors (Lipinski definition) is 1. The van der Waals surface area contributed by atoms with Crippen LogP contribution in [0.15, 0.2) is 36.4 Å². The van der Waals surface area contributed by atoms with Crippen molar-refractivity contribution in [2.24, 2.45) is 0 Å². The third-order valence-corrected chi connectivity index (χ3v) is 5.65. The molecule has 2 aromatic rings. The number of halogens is 3. The zero-order chi connectivity index (χ0) is 15.0. The summed E-state index contributed by atoms with van der Waals surface area (Å²) < 4.78 is 1.28. The first-order valence-electron chi connectivity index (χ1n) is 7.01. The zero-order valence-corrected chi connectivity index (χ0v) is 15.3. The van der Waals surface area contributed by atoms with Gasteiger partial charge in [-0.3, -0.25) is 0 Å². The highest BCUT2D eigenvalue weighted by atomic mass is 127. The second-order valence-corrected chi connectivity index (χ2v) is 7.48. The first-order valence-corrected chi connectivity index (χ1v) is 8.85. The summed E-state index contributed by atoms with van der Waals surface area (Å²) in [5.74, 6) is 0.399. The van der Waals surface area contributed by atoms with Crippen molar-refractivity contribution in [3.05, 3.63) is 66.7 Å². The van der Waals surface area contributed by atoms with Crippen LogP contribution in [0.2, 0.25) is 10.0 Å². The molecule has 4 heteroatoms. The Labute approximate surface area is 149 Å². The first-order chi connectivity index (χ1) is 10.1. The van der Waals surface area contributed by atoms with Gasteiger partial charge in [0.2, 0.25) is 0 Å². The van der Waals surface area contributed by atoms with Crippen molar-refractivity contribution in [3.8, 4) is 0 Å². The van der Waals surface area contributed by atoms with Gasteiger partial charge in [0.25, 0.3) is 0 Å². The van der Waals surface area contributed by atoms with Gasteiger partial charge in [-0.1, -0.05) is 35.3 Å². The molecule has 0 radical (unpaired) electrons. The van der Waals surface area contributed by atoms with Crippen LogP contribution in [0.1, 0.15) is 41.5 Å². The summed E-state index contributed by atoms with van der Waals surface area (Å²) in [7, 11) is 2.04. The lowest BCUT2D eigenvalue weighted by atomic mass is 9.77. The summed E-state index contributed by atoms with van der Waals surface area (Å²) in [6.45, 7) is 0. The van der Waals surface area contributed by atoms with Crippen molar-refractivity contribution in [1.82, 2.24) is 5.32 Å². The molecule has 0 fully saturated rings. The van der Waals surface area contributed by atoms with Gasteiger partial charge in [-0.2, -0.15) is 0 Å². The smallest absolute Gasteiger partial charge is 0.0595 e. The van der Waals surface area contributed by atoms with Gasteiger partial charge in [0, 0.05) is 15.5 Å². The number of nitrogens with one attached hydrogen (secondary N) is 1. The van der Waals surface area contributed by atoms with Crippen LogP contribution in [-0.4, -0.2) is 7.05 Å². The predicted molar refractivity (Wildman–Crippen MR) is 98.5 cm³/mol. The van der Waals surface area contributed by atoms with E-state index in [4.69, 9.17) is 23.2 Å². The fourth-order valence-electron chi connectivity index (χ4n) is 3.18. The fraction of sp³-hybridized carbons (Fsp3) is 0.294. The highest BCUT2D eigenvalue weighted by Crippen LogP contribution is 2.42. The van der Waals surface area contributed by atoms with Gasteiger partial charge in [0.1, 0.15) is 0 Å². The Bertz CT molecular complexity index is 672. The van der Waals surface area contributed by atoms with Gasteiger partial charge >= 0.3 is 0 Å². The van der Waals surface area contributed by atoms with Crippen molar-refractivity contribution in [2.45, 2.75) is 24.8 Å². The van der Waals surface area contributed by atoms with E-state index < -0.39 is 0 Å². The molecule has 0 heterocycles. The normalized spacial score (nSPS) is 21.1. The van der Waals surface area contributed by atoms with Crippen molar-refractivity contribution in [1.29, 1.82) is 0 Å². The maximum absolute atomic E-state index is 6.20. The molecule has 21 heavy (non-hydrogen) atoms. The first kappa shape index (κ1) is 15.6. The van der Waals surface area contributed by atoms with Crippen LogP contribution >= 0.6 is 45.8 Å². The molecule has 1 N–H and O–H groups in total. The van der Waals surface area contributed by atoms with E-state index in [0.29, 0.717) is 22.0 Å². The van der Waals surface area contributed by atoms with Gasteiger partial charge in [0.05, 0.1) is 10.0 Å². The lowest BCUT2D eigenvalue weighted by Crippen LogP contribution is -2.24. The molecule has 1 aliphatic carbocycles. The van der Waals surface area contributed by atoms with E-state index in [-0.39, 0.29) is 0 Å². The molecule has 0 saturated heterocycles. The molecule has 0 spiro atoms. The quantitative estimate of drug-likeness (QED) is 0.594. The van der Waals surface area contributed by atoms with Crippen LogP contribution in [0.3, 0.4) is 0 Å². The Morgan fingerprint density at radius 1 is 1.00 bits per heavy atom. The number of hydrogen-bond donors (Lipinski definition) is 1. The zero-order valence-electron chi connectivity index (χ0n) is 11.7. The molecule has 2 atom stereocenters. The molecule has 0 bridgehead atoms. The van der Waals surface area contributed by atoms with Crippen LogP contribution in [0, 0.1) is 3.57 Å². The van der Waals surface area contributed by atoms with Crippen LogP contribution in [0.5, 0.6) is 0 Å². The van der Waals surface area contributed by atoms with E-state index in [9.17, 15) is 0 Å². The molecular formula is C17H16Cl2IN. The monoisotopic (exact) mass is 431 g/mol. The average Bonchev–Trinajstić information content (AvgIpc) is 2.49. The largest absolute Gasteiger partial charge is 0.313 e. The molecule has 0 unspecified atom stereocenters. The third kappa shape index (κ3) is 3.09. The molecule has 1 aliphatic rings. The molecule has 2 aromatic carbocycles. The SMILES string of the molecule is CN[C@H]1CC[C@@H](c2ccc(Cl)c(Cl)c2)c2ccc(I)cc21. The number of rotatable bonds is 2. The Kier molecular flexibility index (Phi) is 4.79. The standard InChI is InChI=1S/C17H16Cl2IN/c1-21-17-7-5-12(10-2-6-15(18)16(19)8-10)13-4-3-11(20)9-14(13)17/h2-4,6,8-9,12,17,21H,5,7H2,1H3/t12-,17-/m0/s1. The van der Waals surface area contributed by atoms with E-state index >= 15 is 0 Å². The molecule has 1 nitrogen and oxygen atoms in total. The molecule has 0 amide bonds. The summed E-state index contributed by atoms with van der Waals surface area (Å²) in [5.41, 5.74) is 4.06. The summed E-state index contributed by atoms with van der Waals surface area (Å²) in [6, 6.07) is 13.2. The lowest BCUT2D eigenvalue weighted by molar-refractivity contribution is 0.470. The van der Waals surface area contributed by atoms with Gasteiger partial charge in [-0.05, 0) is 83.4 Å². The molecule has 0 saturated carbocycles. The fourth-order valence-corrected chi connectivity index (χ4v) is 4.01. The minimum absolute atomic E-state index is 0.399. The molecule has 3 rings (SSSR count). The van der Waals surface area contributed by atoms with E-state index in [0.717, 1.165) is 12.8 Å². The molecule has 110 valence electrons. The number of benzene rings is 2. The van der Waals surface area contributed by atoms with Crippen LogP contribution in [0.4, 0.5) is 0 Å². The van der Waals surface area contributed by atoms with E-state index in [1.807, 2.05) is 19.2 Å². The van der Waals surface area contributed by atoms with Gasteiger partial charge < -0.3 is 5.32 Å². The Hall–Kier alpha value is -0.290. The predicted octanol–water partition coefficient (Wildman–Crippen LogP) is 5.78. The average molecular weight is 432 g/mol. The minimum Gasteiger partial charge on any atom is -0.313 e. The summed E-state index contributed by atoms with van der Waals surface area (Å²) in [5, 5.41) is 4.68. The lowest BCUT2D eigenvalue weighted by Gasteiger charge is -2.32. The number of fused-ring (bicyclic) bond motifs is 1. The van der Waals surface area contributed by atoms with Crippen molar-refractivity contribution in [3.63, 3.8) is 0 Å². The van der Waals surface area contributed by atoms with Gasteiger partial charge in [0.15, 0.2) is 0 Å². The Balaban J connectivity index is 2.07. The molecular weight excluding hydrogens is 416 g/mol. The third-order valence-electron chi connectivity index (χ3n) is 4.24. The summed E-state index contributed by atoms with van der Waals surface area (Å²) >= 11 is 14.6. The summed E-state index contributed by atoms with van der Waals surface area (Å²) in [4.78, 5) is 0. The maximum atomic E-state index is 6.20. The van der Waals surface area contributed by atoms with Crippen molar-refractivity contribution >= 4 is 45.8 Å². The highest BCUT2D eigenvalue weighted by molar-refractivity contribution is 14.1. The highest BCUT2D eigenvalue weighted by Gasteiger charge is 2.27. The van der Waals surface area contributed by atoms with Crippen molar-refractivity contribution < 1.29 is 0 Å². The van der Waals surface area contributed by atoms with E-state index in [2.05, 4.69) is 52.2 Å². The van der Waals surface area contributed by atoms with Gasteiger partial charge in [-0.25, -0.2) is 0 Å². The van der Waals surface area contributed by atoms with E-state index in [1.54, 1.807) is 0 Å². The van der Waals surface area contributed by atoms with E-state index in [1.165, 1.54) is 20.3 Å². The van der Waals surface area contributed by atoms with Crippen molar-refractivity contribution in [2.75, 3.05) is 7.05 Å². The topological polar surface area (TPSA) is 12.0 Å². The van der Waals surface area contributed by atoms with Crippen LogP contribution in [-0.2, 0) is 0 Å².